The van der Waals surface area contributed by atoms with E-state index in [-0.39, 0.29) is 17.5 Å². The molecule has 0 amide bonds. The van der Waals surface area contributed by atoms with Crippen LogP contribution in [0.5, 0.6) is 5.75 Å². The number of halogens is 3. The zero-order valence-electron chi connectivity index (χ0n) is 9.81. The van der Waals surface area contributed by atoms with Crippen LogP contribution < -0.4 is 10.5 Å². The van der Waals surface area contributed by atoms with E-state index in [0.717, 1.165) is 0 Å². The lowest BCUT2D eigenvalue weighted by molar-refractivity contribution is -0.274. The fourth-order valence-corrected chi connectivity index (χ4v) is 1.37. The summed E-state index contributed by atoms with van der Waals surface area (Å²) in [7, 11) is 0. The fourth-order valence-electron chi connectivity index (χ4n) is 1.37. The monoisotopic (exact) mass is 273 g/mol. The topological polar surface area (TPSA) is 74.2 Å². The number of ether oxygens (including phenoxy) is 1. The zero-order valence-corrected chi connectivity index (χ0v) is 9.81. The fraction of sp³-hybridized carbons (Fsp3) is 0.273. The van der Waals surface area contributed by atoms with Crippen molar-refractivity contribution >= 4 is 0 Å². The maximum atomic E-state index is 12.1. The molecule has 1 aromatic heterocycles. The lowest BCUT2D eigenvalue weighted by Gasteiger charge is -2.08. The Morgan fingerprint density at radius 2 is 2.11 bits per heavy atom. The predicted molar refractivity (Wildman–Crippen MR) is 59.0 cm³/mol. The molecule has 2 rings (SSSR count). The minimum absolute atomic E-state index is 0.153. The first-order valence-electron chi connectivity index (χ1n) is 5.30. The summed E-state index contributed by atoms with van der Waals surface area (Å²) in [6, 6.07) is 4.85. The molecule has 0 unspecified atom stereocenters. The average Bonchev–Trinajstić information content (AvgIpc) is 2.76. The number of nitrogens with zero attached hydrogens (tertiary/aromatic N) is 2. The standard InChI is InChI=1S/C11H10F3N3O2/c1-6(15)10-16-9(17-19-10)7-3-2-4-8(5-7)18-11(12,13)14/h2-6H,15H2,1H3/t6-/m0/s1. The number of rotatable bonds is 3. The van der Waals surface area contributed by atoms with Crippen LogP contribution in [0, 0.1) is 0 Å². The van der Waals surface area contributed by atoms with Gasteiger partial charge >= 0.3 is 6.36 Å². The van der Waals surface area contributed by atoms with Crippen LogP contribution in [0.4, 0.5) is 13.2 Å². The minimum Gasteiger partial charge on any atom is -0.406 e. The van der Waals surface area contributed by atoms with Crippen molar-refractivity contribution in [1.82, 2.24) is 10.1 Å². The first-order chi connectivity index (χ1) is 8.85. The van der Waals surface area contributed by atoms with E-state index in [1.54, 1.807) is 13.0 Å². The molecule has 0 aliphatic heterocycles. The highest BCUT2D eigenvalue weighted by atomic mass is 19.4. The molecule has 102 valence electrons. The van der Waals surface area contributed by atoms with Crippen LogP contribution in [0.15, 0.2) is 28.8 Å². The highest BCUT2D eigenvalue weighted by Gasteiger charge is 2.31. The van der Waals surface area contributed by atoms with E-state index < -0.39 is 12.4 Å². The molecule has 2 aromatic rings. The smallest absolute Gasteiger partial charge is 0.406 e. The number of hydrogen-bond acceptors (Lipinski definition) is 5. The maximum absolute atomic E-state index is 12.1. The predicted octanol–water partition coefficient (Wildman–Crippen LogP) is 2.65. The highest BCUT2D eigenvalue weighted by molar-refractivity contribution is 5.56. The first-order valence-corrected chi connectivity index (χ1v) is 5.30. The Labute approximate surface area is 106 Å². The highest BCUT2D eigenvalue weighted by Crippen LogP contribution is 2.27. The summed E-state index contributed by atoms with van der Waals surface area (Å²) in [5.41, 5.74) is 5.89. The summed E-state index contributed by atoms with van der Waals surface area (Å²) in [5.74, 6) is 0.00853. The van der Waals surface area contributed by atoms with Crippen LogP contribution in [-0.2, 0) is 0 Å². The van der Waals surface area contributed by atoms with Crippen LogP contribution in [-0.4, -0.2) is 16.5 Å². The number of alkyl halides is 3. The van der Waals surface area contributed by atoms with Crippen LogP contribution in [0.25, 0.3) is 11.4 Å². The summed E-state index contributed by atoms with van der Waals surface area (Å²) in [4.78, 5) is 3.98. The summed E-state index contributed by atoms with van der Waals surface area (Å²) in [5, 5.41) is 3.64. The molecule has 19 heavy (non-hydrogen) atoms. The maximum Gasteiger partial charge on any atom is 0.573 e. The van der Waals surface area contributed by atoms with Gasteiger partial charge in [-0.1, -0.05) is 17.3 Å². The van der Waals surface area contributed by atoms with E-state index >= 15 is 0 Å². The Morgan fingerprint density at radius 3 is 2.68 bits per heavy atom. The Kier molecular flexibility index (Phi) is 3.43. The van der Waals surface area contributed by atoms with Crippen molar-refractivity contribution in [2.24, 2.45) is 5.73 Å². The van der Waals surface area contributed by atoms with Crippen LogP contribution in [0.2, 0.25) is 0 Å². The van der Waals surface area contributed by atoms with E-state index in [4.69, 9.17) is 10.3 Å². The third-order valence-corrected chi connectivity index (χ3v) is 2.16. The Hall–Kier alpha value is -2.09. The van der Waals surface area contributed by atoms with Gasteiger partial charge in [0.2, 0.25) is 11.7 Å². The second-order valence-electron chi connectivity index (χ2n) is 3.82. The van der Waals surface area contributed by atoms with E-state index in [0.29, 0.717) is 5.56 Å². The van der Waals surface area contributed by atoms with Crippen LogP contribution in [0.3, 0.4) is 0 Å². The van der Waals surface area contributed by atoms with Crippen molar-refractivity contribution in [3.63, 3.8) is 0 Å². The summed E-state index contributed by atoms with van der Waals surface area (Å²) >= 11 is 0. The zero-order chi connectivity index (χ0) is 14.0. The number of aromatic nitrogens is 2. The Bertz CT molecular complexity index is 566. The largest absolute Gasteiger partial charge is 0.573 e. The van der Waals surface area contributed by atoms with Gasteiger partial charge < -0.3 is 15.0 Å². The quantitative estimate of drug-likeness (QED) is 0.930. The van der Waals surface area contributed by atoms with E-state index in [1.165, 1.54) is 18.2 Å². The Balaban J connectivity index is 2.27. The van der Waals surface area contributed by atoms with Crippen molar-refractivity contribution in [3.05, 3.63) is 30.2 Å². The number of hydrogen-bond donors (Lipinski definition) is 1. The molecule has 0 bridgehead atoms. The van der Waals surface area contributed by atoms with Gasteiger partial charge in [0.1, 0.15) is 5.75 Å². The van der Waals surface area contributed by atoms with Crippen molar-refractivity contribution in [3.8, 4) is 17.1 Å². The van der Waals surface area contributed by atoms with Gasteiger partial charge in [-0.3, -0.25) is 0 Å². The molecule has 2 N–H and O–H groups in total. The van der Waals surface area contributed by atoms with Gasteiger partial charge in [-0.15, -0.1) is 13.2 Å². The van der Waals surface area contributed by atoms with Crippen molar-refractivity contribution < 1.29 is 22.4 Å². The molecule has 1 aromatic carbocycles. The third-order valence-electron chi connectivity index (χ3n) is 2.16. The van der Waals surface area contributed by atoms with Crippen molar-refractivity contribution in [1.29, 1.82) is 0 Å². The van der Waals surface area contributed by atoms with E-state index in [2.05, 4.69) is 14.9 Å². The van der Waals surface area contributed by atoms with Gasteiger partial charge in [0, 0.05) is 5.56 Å². The molecule has 1 heterocycles. The van der Waals surface area contributed by atoms with Gasteiger partial charge in [-0.2, -0.15) is 4.98 Å². The van der Waals surface area contributed by atoms with Crippen molar-refractivity contribution in [2.45, 2.75) is 19.3 Å². The summed E-state index contributed by atoms with van der Waals surface area (Å²) in [6.07, 6.45) is -4.74. The molecule has 0 spiro atoms. The van der Waals surface area contributed by atoms with Gasteiger partial charge in [0.05, 0.1) is 6.04 Å². The lowest BCUT2D eigenvalue weighted by Crippen LogP contribution is -2.17. The second-order valence-corrected chi connectivity index (χ2v) is 3.82. The lowest BCUT2D eigenvalue weighted by atomic mass is 10.2. The SMILES string of the molecule is C[C@H](N)c1nc(-c2cccc(OC(F)(F)F)c2)no1. The second kappa shape index (κ2) is 4.88. The summed E-state index contributed by atoms with van der Waals surface area (Å²) < 4.78 is 45.0. The average molecular weight is 273 g/mol. The third kappa shape index (κ3) is 3.44. The van der Waals surface area contributed by atoms with Crippen LogP contribution >= 0.6 is 0 Å². The normalized spacial score (nSPS) is 13.3. The molecule has 0 saturated carbocycles. The molecule has 1 atom stereocenters. The molecular weight excluding hydrogens is 263 g/mol. The number of nitrogens with two attached hydrogens (primary N) is 1. The van der Waals surface area contributed by atoms with Gasteiger partial charge in [0.25, 0.3) is 0 Å². The molecule has 0 radical (unpaired) electrons. The molecule has 5 nitrogen and oxygen atoms in total. The first kappa shape index (κ1) is 13.3. The van der Waals surface area contributed by atoms with E-state index in [1.807, 2.05) is 0 Å². The van der Waals surface area contributed by atoms with Gasteiger partial charge in [0.15, 0.2) is 0 Å². The molecule has 0 fully saturated rings. The van der Waals surface area contributed by atoms with Gasteiger partial charge in [-0.25, -0.2) is 0 Å². The molecule has 0 aliphatic rings. The van der Waals surface area contributed by atoms with Crippen LogP contribution in [0.1, 0.15) is 18.9 Å². The Morgan fingerprint density at radius 1 is 1.37 bits per heavy atom. The minimum atomic E-state index is -4.74. The molecule has 0 saturated heterocycles. The molecule has 0 aliphatic carbocycles. The number of benzene rings is 1. The van der Waals surface area contributed by atoms with Gasteiger partial charge in [-0.05, 0) is 19.1 Å². The molecular formula is C11H10F3N3O2. The molecule has 8 heteroatoms. The van der Waals surface area contributed by atoms with E-state index in [9.17, 15) is 13.2 Å². The summed E-state index contributed by atoms with van der Waals surface area (Å²) in [6.45, 7) is 1.65. The van der Waals surface area contributed by atoms with Crippen molar-refractivity contribution in [2.75, 3.05) is 0 Å².